The smallest absolute Gasteiger partial charge is 0.227 e. The van der Waals surface area contributed by atoms with E-state index >= 15 is 0 Å². The molecule has 0 radical (unpaired) electrons. The molecule has 0 spiro atoms. The highest BCUT2D eigenvalue weighted by Crippen LogP contribution is 2.30. The Morgan fingerprint density at radius 2 is 1.90 bits per heavy atom. The van der Waals surface area contributed by atoms with E-state index in [0.717, 1.165) is 30.6 Å². The Labute approximate surface area is 125 Å². The van der Waals surface area contributed by atoms with Gasteiger partial charge in [0.25, 0.3) is 0 Å². The highest BCUT2D eigenvalue weighted by atomic mass is 16.2. The van der Waals surface area contributed by atoms with Gasteiger partial charge in [-0.3, -0.25) is 9.59 Å². The van der Waals surface area contributed by atoms with E-state index in [4.69, 9.17) is 0 Å². The lowest BCUT2D eigenvalue weighted by Gasteiger charge is -2.08. The molecule has 0 aromatic heterocycles. The van der Waals surface area contributed by atoms with Gasteiger partial charge in [0, 0.05) is 31.1 Å². The minimum absolute atomic E-state index is 0.0436. The molecule has 1 aliphatic carbocycles. The maximum Gasteiger partial charge on any atom is 0.227 e. The minimum Gasteiger partial charge on any atom is -0.352 e. The molecule has 3 N–H and O–H groups in total. The summed E-state index contributed by atoms with van der Waals surface area (Å²) in [4.78, 5) is 23.2. The van der Waals surface area contributed by atoms with E-state index in [1.54, 1.807) is 0 Å². The molecule has 5 nitrogen and oxygen atoms in total. The van der Waals surface area contributed by atoms with Crippen molar-refractivity contribution in [3.05, 3.63) is 29.8 Å². The Hall–Kier alpha value is -1.88. The Morgan fingerprint density at radius 1 is 1.19 bits per heavy atom. The normalized spacial score (nSPS) is 13.8. The van der Waals surface area contributed by atoms with Crippen LogP contribution >= 0.6 is 0 Å². The standard InChI is InChI=1S/C16H23N3O2/c1-2-17-10-9-15(20)18-11-12-3-7-14(8-4-12)19-16(21)13-5-6-13/h3-4,7-8,13,17H,2,5-6,9-11H2,1H3,(H,18,20)(H,19,21). The zero-order valence-corrected chi connectivity index (χ0v) is 12.4. The van der Waals surface area contributed by atoms with E-state index in [1.165, 1.54) is 0 Å². The number of nitrogens with one attached hydrogen (secondary N) is 3. The maximum absolute atomic E-state index is 11.6. The number of hydrogen-bond donors (Lipinski definition) is 3. The molecule has 0 heterocycles. The lowest BCUT2D eigenvalue weighted by molar-refractivity contribution is -0.121. The van der Waals surface area contributed by atoms with Gasteiger partial charge in [-0.05, 0) is 37.1 Å². The molecule has 0 unspecified atom stereocenters. The molecule has 0 saturated heterocycles. The number of anilines is 1. The summed E-state index contributed by atoms with van der Waals surface area (Å²) in [6.45, 7) is 4.11. The van der Waals surface area contributed by atoms with Crippen molar-refractivity contribution in [1.82, 2.24) is 10.6 Å². The van der Waals surface area contributed by atoms with E-state index in [-0.39, 0.29) is 17.7 Å². The second-order valence-electron chi connectivity index (χ2n) is 5.34. The van der Waals surface area contributed by atoms with Gasteiger partial charge in [0.15, 0.2) is 0 Å². The largest absolute Gasteiger partial charge is 0.352 e. The average molecular weight is 289 g/mol. The molecule has 114 valence electrons. The fraction of sp³-hybridized carbons (Fsp3) is 0.500. The summed E-state index contributed by atoms with van der Waals surface area (Å²) in [5, 5.41) is 8.89. The third-order valence-corrected chi connectivity index (χ3v) is 3.44. The van der Waals surface area contributed by atoms with Crippen LogP contribution in [-0.2, 0) is 16.1 Å². The molecule has 1 aromatic rings. The van der Waals surface area contributed by atoms with Crippen LogP contribution < -0.4 is 16.0 Å². The van der Waals surface area contributed by atoms with Crippen LogP contribution in [0.3, 0.4) is 0 Å². The van der Waals surface area contributed by atoms with Gasteiger partial charge in [-0.25, -0.2) is 0 Å². The predicted octanol–water partition coefficient (Wildman–Crippen LogP) is 1.65. The van der Waals surface area contributed by atoms with Crippen molar-refractivity contribution in [2.24, 2.45) is 5.92 Å². The number of hydrogen-bond acceptors (Lipinski definition) is 3. The predicted molar refractivity (Wildman–Crippen MR) is 82.8 cm³/mol. The van der Waals surface area contributed by atoms with Crippen LogP contribution in [0, 0.1) is 5.92 Å². The maximum atomic E-state index is 11.6. The molecule has 1 saturated carbocycles. The van der Waals surface area contributed by atoms with Gasteiger partial charge in [0.1, 0.15) is 0 Å². The van der Waals surface area contributed by atoms with Crippen LogP contribution in [0.4, 0.5) is 5.69 Å². The second kappa shape index (κ2) is 7.78. The first-order valence-corrected chi connectivity index (χ1v) is 7.56. The third-order valence-electron chi connectivity index (χ3n) is 3.44. The van der Waals surface area contributed by atoms with Gasteiger partial charge in [0.05, 0.1) is 0 Å². The highest BCUT2D eigenvalue weighted by molar-refractivity contribution is 5.94. The number of rotatable bonds is 8. The number of benzene rings is 1. The van der Waals surface area contributed by atoms with E-state index in [1.807, 2.05) is 31.2 Å². The van der Waals surface area contributed by atoms with Crippen molar-refractivity contribution in [2.45, 2.75) is 32.7 Å². The molecule has 0 aliphatic heterocycles. The van der Waals surface area contributed by atoms with Crippen LogP contribution in [0.1, 0.15) is 31.7 Å². The lowest BCUT2D eigenvalue weighted by Crippen LogP contribution is -2.27. The molecular formula is C16H23N3O2. The highest BCUT2D eigenvalue weighted by Gasteiger charge is 2.29. The molecule has 21 heavy (non-hydrogen) atoms. The topological polar surface area (TPSA) is 70.2 Å². The Kier molecular flexibility index (Phi) is 5.75. The van der Waals surface area contributed by atoms with Gasteiger partial charge >= 0.3 is 0 Å². The summed E-state index contributed by atoms with van der Waals surface area (Å²) in [6, 6.07) is 7.60. The van der Waals surface area contributed by atoms with Crippen molar-refractivity contribution < 1.29 is 9.59 Å². The second-order valence-corrected chi connectivity index (χ2v) is 5.34. The molecular weight excluding hydrogens is 266 g/mol. The van der Waals surface area contributed by atoms with Crippen LogP contribution in [0.15, 0.2) is 24.3 Å². The van der Waals surface area contributed by atoms with Gasteiger partial charge in [-0.15, -0.1) is 0 Å². The first-order valence-electron chi connectivity index (χ1n) is 7.56. The zero-order valence-electron chi connectivity index (χ0n) is 12.4. The molecule has 1 aliphatic rings. The van der Waals surface area contributed by atoms with E-state index in [9.17, 15) is 9.59 Å². The summed E-state index contributed by atoms with van der Waals surface area (Å²) in [5.74, 6) is 0.363. The molecule has 2 rings (SSSR count). The van der Waals surface area contributed by atoms with Crippen molar-refractivity contribution in [2.75, 3.05) is 18.4 Å². The van der Waals surface area contributed by atoms with Crippen LogP contribution in [-0.4, -0.2) is 24.9 Å². The fourth-order valence-electron chi connectivity index (χ4n) is 1.96. The number of amides is 2. The number of carbonyl (C=O) groups is 2. The van der Waals surface area contributed by atoms with Crippen LogP contribution in [0.5, 0.6) is 0 Å². The van der Waals surface area contributed by atoms with Gasteiger partial charge in [-0.2, -0.15) is 0 Å². The molecule has 5 heteroatoms. The summed E-state index contributed by atoms with van der Waals surface area (Å²) < 4.78 is 0. The quantitative estimate of drug-likeness (QED) is 0.637. The minimum atomic E-state index is 0.0436. The third kappa shape index (κ3) is 5.55. The SMILES string of the molecule is CCNCCC(=O)NCc1ccc(NC(=O)C2CC2)cc1. The Bertz CT molecular complexity index is 481. The van der Waals surface area contributed by atoms with Crippen LogP contribution in [0.2, 0.25) is 0 Å². The van der Waals surface area contributed by atoms with E-state index in [2.05, 4.69) is 16.0 Å². The summed E-state index contributed by atoms with van der Waals surface area (Å²) in [5.41, 5.74) is 1.84. The number of carbonyl (C=O) groups excluding carboxylic acids is 2. The fourth-order valence-corrected chi connectivity index (χ4v) is 1.96. The average Bonchev–Trinajstić information content (AvgIpc) is 3.31. The Morgan fingerprint density at radius 3 is 2.52 bits per heavy atom. The molecule has 0 atom stereocenters. The van der Waals surface area contributed by atoms with Crippen molar-refractivity contribution in [3.63, 3.8) is 0 Å². The van der Waals surface area contributed by atoms with Crippen LogP contribution in [0.25, 0.3) is 0 Å². The first-order chi connectivity index (χ1) is 10.2. The Balaban J connectivity index is 1.71. The van der Waals surface area contributed by atoms with E-state index < -0.39 is 0 Å². The van der Waals surface area contributed by atoms with Crippen molar-refractivity contribution >= 4 is 17.5 Å². The zero-order chi connectivity index (χ0) is 15.1. The molecule has 0 bridgehead atoms. The van der Waals surface area contributed by atoms with Crippen molar-refractivity contribution in [1.29, 1.82) is 0 Å². The lowest BCUT2D eigenvalue weighted by atomic mass is 10.2. The summed E-state index contributed by atoms with van der Waals surface area (Å²) in [7, 11) is 0. The monoisotopic (exact) mass is 289 g/mol. The molecule has 1 fully saturated rings. The molecule has 2 amide bonds. The molecule has 1 aromatic carbocycles. The van der Waals surface area contributed by atoms with Crippen molar-refractivity contribution in [3.8, 4) is 0 Å². The summed E-state index contributed by atoms with van der Waals surface area (Å²) in [6.07, 6.45) is 2.50. The van der Waals surface area contributed by atoms with Gasteiger partial charge in [-0.1, -0.05) is 19.1 Å². The summed E-state index contributed by atoms with van der Waals surface area (Å²) >= 11 is 0. The van der Waals surface area contributed by atoms with Gasteiger partial charge < -0.3 is 16.0 Å². The van der Waals surface area contributed by atoms with E-state index in [0.29, 0.717) is 19.5 Å². The first kappa shape index (κ1) is 15.5. The van der Waals surface area contributed by atoms with Gasteiger partial charge in [0.2, 0.25) is 11.8 Å².